The number of carboxylic acids is 1. The molecule has 0 atom stereocenters. The summed E-state index contributed by atoms with van der Waals surface area (Å²) in [5.74, 6) is -0.867. The lowest BCUT2D eigenvalue weighted by molar-refractivity contribution is -0.144. The van der Waals surface area contributed by atoms with E-state index in [1.165, 1.54) is 5.56 Å². The first-order valence-electron chi connectivity index (χ1n) is 8.57. The van der Waals surface area contributed by atoms with E-state index in [1.54, 1.807) is 0 Å². The summed E-state index contributed by atoms with van der Waals surface area (Å²) in [6, 6.07) is 10.7. The number of carbonyl (C=O) groups is 2. The highest BCUT2D eigenvalue weighted by Crippen LogP contribution is 2.43. The van der Waals surface area contributed by atoms with Gasteiger partial charge in [0.05, 0.1) is 5.92 Å². The van der Waals surface area contributed by atoms with Gasteiger partial charge in [-0.3, -0.25) is 9.59 Å². The van der Waals surface area contributed by atoms with Crippen molar-refractivity contribution in [2.75, 3.05) is 0 Å². The Hall–Kier alpha value is -1.84. The molecule has 2 N–H and O–H groups in total. The maximum absolute atomic E-state index is 12.4. The van der Waals surface area contributed by atoms with Crippen LogP contribution in [0.25, 0.3) is 0 Å². The normalized spacial score (nSPS) is 33.5. The molecule has 2 aliphatic rings. The van der Waals surface area contributed by atoms with Crippen LogP contribution in [-0.4, -0.2) is 23.0 Å². The van der Waals surface area contributed by atoms with Crippen LogP contribution in [0.15, 0.2) is 30.3 Å². The van der Waals surface area contributed by atoms with E-state index in [2.05, 4.69) is 36.5 Å². The third-order valence-electron chi connectivity index (χ3n) is 5.66. The van der Waals surface area contributed by atoms with Gasteiger partial charge in [0.25, 0.3) is 0 Å². The monoisotopic (exact) mass is 315 g/mol. The van der Waals surface area contributed by atoms with Crippen LogP contribution in [0.2, 0.25) is 0 Å². The first-order valence-corrected chi connectivity index (χ1v) is 8.57. The molecule has 0 bridgehead atoms. The Bertz CT molecular complexity index is 570. The zero-order valence-corrected chi connectivity index (χ0v) is 13.6. The van der Waals surface area contributed by atoms with Crippen LogP contribution in [0.4, 0.5) is 0 Å². The average Bonchev–Trinajstić information content (AvgIpc) is 2.54. The van der Waals surface area contributed by atoms with E-state index < -0.39 is 5.97 Å². The third-order valence-corrected chi connectivity index (χ3v) is 5.66. The van der Waals surface area contributed by atoms with Crippen molar-refractivity contribution >= 4 is 11.9 Å². The summed E-state index contributed by atoms with van der Waals surface area (Å²) in [6.45, 7) is 2.25. The SMILES string of the molecule is CC1(c2ccccc2)CC(NC(=O)C2CCC(C(=O)O)CC2)C1. The highest BCUT2D eigenvalue weighted by atomic mass is 16.4. The van der Waals surface area contributed by atoms with Crippen molar-refractivity contribution in [1.82, 2.24) is 5.32 Å². The Balaban J connectivity index is 1.47. The molecule has 0 aromatic heterocycles. The molecular formula is C19H25NO3. The van der Waals surface area contributed by atoms with Gasteiger partial charge in [-0.2, -0.15) is 0 Å². The number of hydrogen-bond acceptors (Lipinski definition) is 2. The van der Waals surface area contributed by atoms with Crippen molar-refractivity contribution in [2.45, 2.75) is 56.9 Å². The van der Waals surface area contributed by atoms with Crippen LogP contribution in [-0.2, 0) is 15.0 Å². The summed E-state index contributed by atoms with van der Waals surface area (Å²) in [4.78, 5) is 23.3. The number of hydrogen-bond donors (Lipinski definition) is 2. The number of amides is 1. The lowest BCUT2D eigenvalue weighted by Crippen LogP contribution is -2.53. The first-order chi connectivity index (χ1) is 11.0. The Labute approximate surface area is 137 Å². The second kappa shape index (κ2) is 6.34. The van der Waals surface area contributed by atoms with E-state index in [9.17, 15) is 9.59 Å². The summed E-state index contributed by atoms with van der Waals surface area (Å²) < 4.78 is 0. The van der Waals surface area contributed by atoms with Gasteiger partial charge in [-0.1, -0.05) is 37.3 Å². The zero-order chi connectivity index (χ0) is 16.4. The molecule has 4 heteroatoms. The molecular weight excluding hydrogens is 290 g/mol. The van der Waals surface area contributed by atoms with Crippen LogP contribution in [0.5, 0.6) is 0 Å². The quantitative estimate of drug-likeness (QED) is 0.897. The Morgan fingerprint density at radius 2 is 1.61 bits per heavy atom. The van der Waals surface area contributed by atoms with Crippen molar-refractivity contribution < 1.29 is 14.7 Å². The molecule has 2 saturated carbocycles. The van der Waals surface area contributed by atoms with E-state index in [1.807, 2.05) is 6.07 Å². The maximum Gasteiger partial charge on any atom is 0.306 e. The van der Waals surface area contributed by atoms with E-state index in [4.69, 9.17) is 5.11 Å². The first kappa shape index (κ1) is 16.0. The number of carboxylic acid groups (broad SMARTS) is 1. The van der Waals surface area contributed by atoms with Gasteiger partial charge in [0.1, 0.15) is 0 Å². The minimum atomic E-state index is -0.721. The second-order valence-corrected chi connectivity index (χ2v) is 7.43. The molecule has 2 aliphatic carbocycles. The predicted molar refractivity (Wildman–Crippen MR) is 88.0 cm³/mol. The molecule has 23 heavy (non-hydrogen) atoms. The van der Waals surface area contributed by atoms with E-state index in [0.29, 0.717) is 25.7 Å². The summed E-state index contributed by atoms with van der Waals surface area (Å²) >= 11 is 0. The summed E-state index contributed by atoms with van der Waals surface area (Å²) in [6.07, 6.45) is 4.61. The lowest BCUT2D eigenvalue weighted by atomic mass is 9.63. The number of aliphatic carboxylic acids is 1. The lowest BCUT2D eigenvalue weighted by Gasteiger charge is -2.46. The Kier molecular flexibility index (Phi) is 4.42. The molecule has 0 saturated heterocycles. The van der Waals surface area contributed by atoms with Crippen LogP contribution >= 0.6 is 0 Å². The predicted octanol–water partition coefficient (Wildman–Crippen LogP) is 3.11. The molecule has 0 unspecified atom stereocenters. The highest BCUT2D eigenvalue weighted by Gasteiger charge is 2.42. The van der Waals surface area contributed by atoms with Crippen LogP contribution in [0.3, 0.4) is 0 Å². The van der Waals surface area contributed by atoms with Gasteiger partial charge in [-0.15, -0.1) is 0 Å². The Morgan fingerprint density at radius 3 is 2.17 bits per heavy atom. The van der Waals surface area contributed by atoms with Crippen molar-refractivity contribution in [3.63, 3.8) is 0 Å². The second-order valence-electron chi connectivity index (χ2n) is 7.43. The van der Waals surface area contributed by atoms with Crippen LogP contribution < -0.4 is 5.32 Å². The molecule has 4 nitrogen and oxygen atoms in total. The fourth-order valence-corrected chi connectivity index (χ4v) is 4.13. The van der Waals surface area contributed by atoms with Gasteiger partial charge in [0, 0.05) is 12.0 Å². The molecule has 1 aromatic carbocycles. The fourth-order valence-electron chi connectivity index (χ4n) is 4.13. The smallest absolute Gasteiger partial charge is 0.306 e. The van der Waals surface area contributed by atoms with Crippen LogP contribution in [0.1, 0.15) is 51.0 Å². The van der Waals surface area contributed by atoms with Gasteiger partial charge in [-0.05, 0) is 49.5 Å². The molecule has 1 amide bonds. The molecule has 0 aliphatic heterocycles. The molecule has 0 radical (unpaired) electrons. The van der Waals surface area contributed by atoms with Gasteiger partial charge in [0.15, 0.2) is 0 Å². The average molecular weight is 315 g/mol. The van der Waals surface area contributed by atoms with Crippen molar-refractivity contribution in [3.05, 3.63) is 35.9 Å². The van der Waals surface area contributed by atoms with E-state index >= 15 is 0 Å². The van der Waals surface area contributed by atoms with Crippen molar-refractivity contribution in [2.24, 2.45) is 11.8 Å². The summed E-state index contributed by atoms with van der Waals surface area (Å²) in [5, 5.41) is 12.2. The molecule has 0 spiro atoms. The number of nitrogens with one attached hydrogen (secondary N) is 1. The molecule has 3 rings (SSSR count). The van der Waals surface area contributed by atoms with E-state index in [-0.39, 0.29) is 29.2 Å². The molecule has 2 fully saturated rings. The minimum absolute atomic E-state index is 0.00539. The van der Waals surface area contributed by atoms with Gasteiger partial charge in [-0.25, -0.2) is 0 Å². The molecule has 0 heterocycles. The summed E-state index contributed by atoms with van der Waals surface area (Å²) in [5.41, 5.74) is 1.51. The minimum Gasteiger partial charge on any atom is -0.481 e. The van der Waals surface area contributed by atoms with Gasteiger partial charge in [0.2, 0.25) is 5.91 Å². The van der Waals surface area contributed by atoms with Crippen LogP contribution in [0, 0.1) is 11.8 Å². The standard InChI is InChI=1S/C19H25NO3/c1-19(15-5-3-2-4-6-15)11-16(12-19)20-17(21)13-7-9-14(10-8-13)18(22)23/h2-6,13-14,16H,7-12H2,1H3,(H,20,21)(H,22,23). The molecule has 124 valence electrons. The van der Waals surface area contributed by atoms with Gasteiger partial charge >= 0.3 is 5.97 Å². The van der Waals surface area contributed by atoms with Crippen molar-refractivity contribution in [3.8, 4) is 0 Å². The topological polar surface area (TPSA) is 66.4 Å². The Morgan fingerprint density at radius 1 is 1.04 bits per heavy atom. The zero-order valence-electron chi connectivity index (χ0n) is 13.6. The highest BCUT2D eigenvalue weighted by molar-refractivity contribution is 5.79. The number of rotatable bonds is 4. The summed E-state index contributed by atoms with van der Waals surface area (Å²) in [7, 11) is 0. The fraction of sp³-hybridized carbons (Fsp3) is 0.579. The molecule has 1 aromatic rings. The van der Waals surface area contributed by atoms with Gasteiger partial charge < -0.3 is 10.4 Å². The number of carbonyl (C=O) groups excluding carboxylic acids is 1. The number of benzene rings is 1. The van der Waals surface area contributed by atoms with Crippen molar-refractivity contribution in [1.29, 1.82) is 0 Å². The van der Waals surface area contributed by atoms with E-state index in [0.717, 1.165) is 12.8 Å². The largest absolute Gasteiger partial charge is 0.481 e. The maximum atomic E-state index is 12.4. The third kappa shape index (κ3) is 3.41.